The Morgan fingerprint density at radius 3 is 2.88 bits per heavy atom. The molecule has 3 heterocycles. The summed E-state index contributed by atoms with van der Waals surface area (Å²) in [6, 6.07) is 4.34. The number of ether oxygens (including phenoxy) is 1. The van der Waals surface area contributed by atoms with Gasteiger partial charge >= 0.3 is 0 Å². The van der Waals surface area contributed by atoms with Crippen molar-refractivity contribution in [3.05, 3.63) is 29.2 Å². The lowest BCUT2D eigenvalue weighted by Crippen LogP contribution is -2.52. The lowest BCUT2D eigenvalue weighted by atomic mass is 10.1. The first-order chi connectivity index (χ1) is 11.9. The van der Waals surface area contributed by atoms with Gasteiger partial charge in [0, 0.05) is 39.3 Å². The molecule has 0 spiro atoms. The van der Waals surface area contributed by atoms with Crippen LogP contribution in [0.15, 0.2) is 34.2 Å². The number of piperazine rings is 1. The molecule has 0 radical (unpaired) electrons. The lowest BCUT2D eigenvalue weighted by Gasteiger charge is -2.37. The predicted molar refractivity (Wildman–Crippen MR) is 102 cm³/mol. The summed E-state index contributed by atoms with van der Waals surface area (Å²) in [4.78, 5) is 9.72. The fourth-order valence-corrected chi connectivity index (χ4v) is 3.90. The van der Waals surface area contributed by atoms with Crippen LogP contribution in [0.25, 0.3) is 0 Å². The highest BCUT2D eigenvalue weighted by Gasteiger charge is 2.20. The first-order valence-electron chi connectivity index (χ1n) is 8.94. The normalized spacial score (nSPS) is 19.4. The molecule has 0 atom stereocenters. The second kappa shape index (κ2) is 9.08. The third kappa shape index (κ3) is 4.74. The largest absolute Gasteiger partial charge is 0.377 e. The third-order valence-corrected chi connectivity index (χ3v) is 5.41. The highest BCUT2D eigenvalue weighted by molar-refractivity contribution is 7.14. The van der Waals surface area contributed by atoms with E-state index in [0.717, 1.165) is 71.3 Å². The summed E-state index contributed by atoms with van der Waals surface area (Å²) in [6.07, 6.45) is 4.32. The van der Waals surface area contributed by atoms with E-state index in [1.54, 1.807) is 0 Å². The van der Waals surface area contributed by atoms with Crippen LogP contribution in [0.1, 0.15) is 19.8 Å². The van der Waals surface area contributed by atoms with E-state index in [1.807, 2.05) is 11.3 Å². The number of aliphatic imine (C=N–C) groups is 1. The zero-order chi connectivity index (χ0) is 16.6. The van der Waals surface area contributed by atoms with Crippen LogP contribution in [-0.4, -0.2) is 63.3 Å². The minimum absolute atomic E-state index is 0.768. The molecule has 1 N–H and O–H groups in total. The second-order valence-electron chi connectivity index (χ2n) is 6.10. The summed E-state index contributed by atoms with van der Waals surface area (Å²) >= 11 is 1.82. The van der Waals surface area contributed by atoms with Crippen LogP contribution in [-0.2, 0) is 4.74 Å². The average molecular weight is 349 g/mol. The van der Waals surface area contributed by atoms with Crippen molar-refractivity contribution >= 4 is 22.3 Å². The van der Waals surface area contributed by atoms with Gasteiger partial charge in [-0.05, 0) is 37.3 Å². The molecule has 1 saturated heterocycles. The summed E-state index contributed by atoms with van der Waals surface area (Å²) in [5, 5.41) is 6.98. The van der Waals surface area contributed by atoms with Crippen molar-refractivity contribution in [2.24, 2.45) is 4.99 Å². The fraction of sp³-hybridized carbons (Fsp3) is 0.611. The zero-order valence-corrected chi connectivity index (χ0v) is 15.4. The molecule has 1 fully saturated rings. The summed E-state index contributed by atoms with van der Waals surface area (Å²) in [5.41, 5.74) is 1.49. The van der Waals surface area contributed by atoms with Crippen molar-refractivity contribution in [3.63, 3.8) is 0 Å². The predicted octanol–water partition coefficient (Wildman–Crippen LogP) is 2.57. The Morgan fingerprint density at radius 1 is 1.33 bits per heavy atom. The molecular weight excluding hydrogens is 320 g/mol. The molecule has 2 aliphatic rings. The molecule has 2 aliphatic heterocycles. The molecule has 6 heteroatoms. The maximum absolute atomic E-state index is 5.36. The molecule has 24 heavy (non-hydrogen) atoms. The number of nitrogens with one attached hydrogen (secondary N) is 1. The topological polar surface area (TPSA) is 40.1 Å². The van der Waals surface area contributed by atoms with Crippen LogP contribution >= 0.6 is 11.3 Å². The van der Waals surface area contributed by atoms with Crippen molar-refractivity contribution < 1.29 is 4.74 Å². The molecule has 1 aromatic heterocycles. The SMILES string of the molecule is CCNC(=NCCC1=CCOCC1)N1CCN(c2cccs2)CC1. The zero-order valence-electron chi connectivity index (χ0n) is 14.5. The van der Waals surface area contributed by atoms with Gasteiger partial charge < -0.3 is 19.9 Å². The van der Waals surface area contributed by atoms with Crippen molar-refractivity contribution in [1.82, 2.24) is 10.2 Å². The maximum atomic E-state index is 5.36. The average Bonchev–Trinajstić information content (AvgIpc) is 3.17. The van der Waals surface area contributed by atoms with Crippen molar-refractivity contribution in [1.29, 1.82) is 0 Å². The molecule has 0 bridgehead atoms. The molecule has 3 rings (SSSR count). The van der Waals surface area contributed by atoms with Crippen molar-refractivity contribution in [2.45, 2.75) is 19.8 Å². The number of hydrogen-bond acceptors (Lipinski definition) is 4. The van der Waals surface area contributed by atoms with E-state index in [0.29, 0.717) is 0 Å². The van der Waals surface area contributed by atoms with E-state index < -0.39 is 0 Å². The smallest absolute Gasteiger partial charge is 0.194 e. The van der Waals surface area contributed by atoms with E-state index in [4.69, 9.17) is 9.73 Å². The molecule has 0 amide bonds. The van der Waals surface area contributed by atoms with Gasteiger partial charge in [0.25, 0.3) is 0 Å². The quantitative estimate of drug-likeness (QED) is 0.504. The van der Waals surface area contributed by atoms with Gasteiger partial charge in [-0.2, -0.15) is 0 Å². The van der Waals surface area contributed by atoms with Crippen LogP contribution in [0.4, 0.5) is 5.00 Å². The van der Waals surface area contributed by atoms with Crippen LogP contribution in [0, 0.1) is 0 Å². The van der Waals surface area contributed by atoms with Gasteiger partial charge in [0.1, 0.15) is 0 Å². The molecule has 0 aliphatic carbocycles. The fourth-order valence-electron chi connectivity index (χ4n) is 3.11. The molecule has 5 nitrogen and oxygen atoms in total. The molecule has 132 valence electrons. The van der Waals surface area contributed by atoms with Gasteiger partial charge in [-0.25, -0.2) is 0 Å². The Morgan fingerprint density at radius 2 is 2.21 bits per heavy atom. The number of guanidine groups is 1. The summed E-state index contributed by atoms with van der Waals surface area (Å²) in [6.45, 7) is 9.73. The number of thiophene rings is 1. The van der Waals surface area contributed by atoms with Crippen LogP contribution in [0.2, 0.25) is 0 Å². The van der Waals surface area contributed by atoms with E-state index >= 15 is 0 Å². The monoisotopic (exact) mass is 348 g/mol. The second-order valence-corrected chi connectivity index (χ2v) is 7.02. The first-order valence-corrected chi connectivity index (χ1v) is 9.82. The lowest BCUT2D eigenvalue weighted by molar-refractivity contribution is 0.153. The summed E-state index contributed by atoms with van der Waals surface area (Å²) in [5.74, 6) is 1.07. The molecule has 0 saturated carbocycles. The van der Waals surface area contributed by atoms with Crippen molar-refractivity contribution in [2.75, 3.05) is 57.4 Å². The van der Waals surface area contributed by atoms with Gasteiger partial charge in [-0.1, -0.05) is 11.6 Å². The van der Waals surface area contributed by atoms with E-state index in [9.17, 15) is 0 Å². The van der Waals surface area contributed by atoms with Gasteiger partial charge in [0.15, 0.2) is 5.96 Å². The minimum atomic E-state index is 0.768. The Balaban J connectivity index is 1.51. The number of hydrogen-bond donors (Lipinski definition) is 1. The van der Waals surface area contributed by atoms with Gasteiger partial charge in [-0.3, -0.25) is 4.99 Å². The van der Waals surface area contributed by atoms with Crippen LogP contribution in [0.3, 0.4) is 0 Å². The molecule has 1 aromatic rings. The maximum Gasteiger partial charge on any atom is 0.194 e. The summed E-state index contributed by atoms with van der Waals surface area (Å²) < 4.78 is 5.36. The van der Waals surface area contributed by atoms with E-state index in [1.165, 1.54) is 10.6 Å². The highest BCUT2D eigenvalue weighted by Crippen LogP contribution is 2.22. The van der Waals surface area contributed by atoms with Gasteiger partial charge in [0.2, 0.25) is 0 Å². The van der Waals surface area contributed by atoms with Gasteiger partial charge in [-0.15, -0.1) is 11.3 Å². The Bertz CT molecular complexity index is 547. The standard InChI is InChI=1S/C18H28N4OS/c1-2-19-18(20-8-5-16-6-13-23-14-7-16)22-11-9-21(10-12-22)17-4-3-15-24-17/h3-4,6,15H,2,5,7-14H2,1H3,(H,19,20). The number of nitrogens with zero attached hydrogens (tertiary/aromatic N) is 3. The Kier molecular flexibility index (Phi) is 6.55. The molecular formula is C18H28N4OS. The van der Waals surface area contributed by atoms with E-state index in [2.05, 4.69) is 45.6 Å². The Hall–Kier alpha value is -1.53. The van der Waals surface area contributed by atoms with Gasteiger partial charge in [0.05, 0.1) is 18.2 Å². The first kappa shape index (κ1) is 17.3. The Labute approximate surface area is 149 Å². The third-order valence-electron chi connectivity index (χ3n) is 4.48. The van der Waals surface area contributed by atoms with Crippen LogP contribution in [0.5, 0.6) is 0 Å². The number of rotatable bonds is 5. The van der Waals surface area contributed by atoms with Crippen LogP contribution < -0.4 is 10.2 Å². The van der Waals surface area contributed by atoms with Crippen molar-refractivity contribution in [3.8, 4) is 0 Å². The number of anilines is 1. The summed E-state index contributed by atoms with van der Waals surface area (Å²) in [7, 11) is 0. The highest BCUT2D eigenvalue weighted by atomic mass is 32.1. The van der Waals surface area contributed by atoms with E-state index in [-0.39, 0.29) is 0 Å². The molecule has 0 aromatic carbocycles. The minimum Gasteiger partial charge on any atom is -0.377 e. The molecule has 0 unspecified atom stereocenters.